The summed E-state index contributed by atoms with van der Waals surface area (Å²) in [4.78, 5) is 24.3. The van der Waals surface area contributed by atoms with Gasteiger partial charge in [0.1, 0.15) is 12.2 Å². The van der Waals surface area contributed by atoms with Crippen molar-refractivity contribution in [1.29, 1.82) is 5.26 Å². The molecular formula is C56H69ClF2N12O2. The average Bonchev–Trinajstić information content (AvgIpc) is 4.09. The summed E-state index contributed by atoms with van der Waals surface area (Å²) in [7, 11) is 1.80. The Labute approximate surface area is 433 Å². The number of piperidine rings is 2. The average molecular weight is 1020 g/mol. The fourth-order valence-corrected chi connectivity index (χ4v) is 13.9. The lowest BCUT2D eigenvalue weighted by Gasteiger charge is -2.44. The van der Waals surface area contributed by atoms with Crippen LogP contribution < -0.4 is 19.4 Å². The first kappa shape index (κ1) is 49.4. The topological polar surface area (TPSA) is 128 Å². The molecule has 1 amide bonds. The van der Waals surface area contributed by atoms with Crippen molar-refractivity contribution in [3.63, 3.8) is 0 Å². The molecule has 2 unspecified atom stereocenters. The number of benzene rings is 2. The van der Waals surface area contributed by atoms with Crippen molar-refractivity contribution in [3.05, 3.63) is 87.8 Å². The molecule has 386 valence electrons. The molecule has 5 aliphatic heterocycles. The summed E-state index contributed by atoms with van der Waals surface area (Å²) in [5.74, 6) is 2.91. The van der Waals surface area contributed by atoms with Gasteiger partial charge in [-0.2, -0.15) is 15.5 Å². The second kappa shape index (κ2) is 20.1. The number of hydrogen-bond acceptors (Lipinski definition) is 11. The molecule has 5 aromatic rings. The molecule has 3 atom stereocenters. The fraction of sp³-hybridized carbons (Fsp3) is 0.571. The van der Waals surface area contributed by atoms with Crippen LogP contribution in [-0.4, -0.2) is 109 Å². The lowest BCUT2D eigenvalue weighted by molar-refractivity contribution is -0.129. The Bertz CT molecular complexity index is 2850. The van der Waals surface area contributed by atoms with Gasteiger partial charge >= 0.3 is 0 Å². The van der Waals surface area contributed by atoms with E-state index < -0.39 is 6.43 Å². The third kappa shape index (κ3) is 9.76. The molecule has 1 spiro atoms. The molecule has 4 fully saturated rings. The van der Waals surface area contributed by atoms with Crippen LogP contribution in [0, 0.1) is 22.7 Å². The molecule has 17 heteroatoms. The van der Waals surface area contributed by atoms with E-state index in [2.05, 4.69) is 72.5 Å². The number of anilines is 4. The van der Waals surface area contributed by atoms with Crippen molar-refractivity contribution in [3.8, 4) is 23.1 Å². The highest BCUT2D eigenvalue weighted by molar-refractivity contribution is 6.32. The molecule has 14 nitrogen and oxygen atoms in total. The van der Waals surface area contributed by atoms with Gasteiger partial charge in [0.25, 0.3) is 6.43 Å². The van der Waals surface area contributed by atoms with Crippen molar-refractivity contribution in [2.45, 2.75) is 148 Å². The van der Waals surface area contributed by atoms with E-state index in [-0.39, 0.29) is 29.0 Å². The van der Waals surface area contributed by atoms with Gasteiger partial charge in [-0.3, -0.25) is 19.1 Å². The number of aromatic nitrogens is 6. The van der Waals surface area contributed by atoms with Crippen LogP contribution in [-0.2, 0) is 31.2 Å². The van der Waals surface area contributed by atoms with Crippen LogP contribution in [0.2, 0.25) is 5.02 Å². The van der Waals surface area contributed by atoms with Crippen molar-refractivity contribution in [2.75, 3.05) is 54.0 Å². The standard InChI is InChI=1S/C56H69ClF2N12O2/c1-35-23-45(73-53-15-14-52(62-63-53)66-21-17-56(18-22-66)28-37(3)70(34-56)44-13-10-41(29-60)49(57)26-44)24-36(2)69(35)31-39-8-11-43(12-9-39)71-50-16-20-67(38(4)72)33-48(50)55(64-71)68-19-6-7-40-25-46(42-30-61-65(5)32-42)47(54(58)59)27-51(40)68/h10,13-15,25-27,30,32,35-37,39,43,45,54H,6-9,11-12,16-24,28,31,33-34H2,1-5H3/t35?,36?,37-,39?,43?,45?/m0/s1. The van der Waals surface area contributed by atoms with Crippen LogP contribution in [0.3, 0.4) is 0 Å². The number of nitrogens with zero attached hydrogens (tertiary/aromatic N) is 12. The predicted octanol–water partition coefficient (Wildman–Crippen LogP) is 10.5. The van der Waals surface area contributed by atoms with E-state index in [0.717, 1.165) is 137 Å². The highest BCUT2D eigenvalue weighted by Gasteiger charge is 2.45. The highest BCUT2D eigenvalue weighted by atomic mass is 35.5. The molecule has 3 saturated heterocycles. The summed E-state index contributed by atoms with van der Waals surface area (Å²) in [6.45, 7) is 14.3. The smallest absolute Gasteiger partial charge is 0.264 e. The SMILES string of the molecule is CC(=O)N1CCc2c(c(N3CCCc4cc(-c5cnn(C)c5)c(C(F)F)cc43)nn2C2CCC(CN3C(C)CC(Oc4ccc(N5CCC6(CC5)C[C@H](C)N(c5ccc(C#N)c(Cl)c5)C6)nn4)CC3C)CC2)C1. The molecule has 11 rings (SSSR count). The van der Waals surface area contributed by atoms with E-state index in [1.807, 2.05) is 35.2 Å². The van der Waals surface area contributed by atoms with Crippen molar-refractivity contribution < 1.29 is 18.3 Å². The summed E-state index contributed by atoms with van der Waals surface area (Å²) in [6.07, 6.45) is 12.7. The minimum atomic E-state index is -2.65. The number of likely N-dealkylation sites (tertiary alicyclic amines) is 1. The van der Waals surface area contributed by atoms with Crippen LogP contribution in [0.4, 0.5) is 31.8 Å². The summed E-state index contributed by atoms with van der Waals surface area (Å²) < 4.78 is 40.1. The number of rotatable bonds is 10. The zero-order chi connectivity index (χ0) is 50.7. The Balaban J connectivity index is 0.697. The number of halogens is 3. The monoisotopic (exact) mass is 1010 g/mol. The largest absolute Gasteiger partial charge is 0.473 e. The molecule has 0 N–H and O–H groups in total. The maximum Gasteiger partial charge on any atom is 0.264 e. The summed E-state index contributed by atoms with van der Waals surface area (Å²) in [5.41, 5.74) is 7.11. The third-order valence-corrected chi connectivity index (χ3v) is 17.9. The Hall–Kier alpha value is -5.79. The Kier molecular flexibility index (Phi) is 13.6. The van der Waals surface area contributed by atoms with Crippen LogP contribution in [0.25, 0.3) is 11.1 Å². The van der Waals surface area contributed by atoms with Gasteiger partial charge in [0.2, 0.25) is 11.8 Å². The first-order valence-corrected chi connectivity index (χ1v) is 27.2. The fourth-order valence-electron chi connectivity index (χ4n) is 13.7. The lowest BCUT2D eigenvalue weighted by Crippen LogP contribution is -2.51. The number of carbonyl (C=O) groups is 1. The van der Waals surface area contributed by atoms with Gasteiger partial charge in [-0.05, 0) is 150 Å². The molecule has 0 radical (unpaired) electrons. The summed E-state index contributed by atoms with van der Waals surface area (Å²) in [5, 5.41) is 28.8. The van der Waals surface area contributed by atoms with Gasteiger partial charge in [0.15, 0.2) is 11.6 Å². The molecule has 8 heterocycles. The lowest BCUT2D eigenvalue weighted by atomic mass is 9.77. The van der Waals surface area contributed by atoms with Gasteiger partial charge in [0, 0.05) is 124 Å². The van der Waals surface area contributed by atoms with E-state index in [1.54, 1.807) is 37.1 Å². The summed E-state index contributed by atoms with van der Waals surface area (Å²) >= 11 is 6.42. The van der Waals surface area contributed by atoms with E-state index in [1.165, 1.54) is 5.69 Å². The zero-order valence-corrected chi connectivity index (χ0v) is 43.7. The number of alkyl halides is 2. The maximum atomic E-state index is 14.8. The predicted molar refractivity (Wildman–Crippen MR) is 280 cm³/mol. The van der Waals surface area contributed by atoms with Crippen LogP contribution in [0.5, 0.6) is 5.88 Å². The van der Waals surface area contributed by atoms with Gasteiger partial charge in [0.05, 0.1) is 29.4 Å². The van der Waals surface area contributed by atoms with E-state index in [9.17, 15) is 18.8 Å². The Morgan fingerprint density at radius 2 is 1.74 bits per heavy atom. The van der Waals surface area contributed by atoms with Gasteiger partial charge in [-0.25, -0.2) is 8.78 Å². The first-order chi connectivity index (χ1) is 35.2. The van der Waals surface area contributed by atoms with Crippen molar-refractivity contribution in [2.24, 2.45) is 18.4 Å². The van der Waals surface area contributed by atoms with Gasteiger partial charge in [-0.15, -0.1) is 10.2 Å². The van der Waals surface area contributed by atoms with Crippen molar-refractivity contribution in [1.82, 2.24) is 39.6 Å². The molecule has 73 heavy (non-hydrogen) atoms. The molecular weight excluding hydrogens is 946 g/mol. The normalized spacial score (nSPS) is 25.3. The third-order valence-electron chi connectivity index (χ3n) is 17.6. The van der Waals surface area contributed by atoms with E-state index in [0.29, 0.717) is 71.3 Å². The quantitative estimate of drug-likeness (QED) is 0.133. The number of fused-ring (bicyclic) bond motifs is 2. The first-order valence-electron chi connectivity index (χ1n) is 26.8. The number of nitriles is 1. The highest BCUT2D eigenvalue weighted by Crippen LogP contribution is 2.47. The van der Waals surface area contributed by atoms with Gasteiger partial charge in [-0.1, -0.05) is 11.6 Å². The van der Waals surface area contributed by atoms with E-state index >= 15 is 0 Å². The number of hydrogen-bond donors (Lipinski definition) is 0. The molecule has 1 saturated carbocycles. The Morgan fingerprint density at radius 3 is 2.41 bits per heavy atom. The second-order valence-electron chi connectivity index (χ2n) is 22.4. The maximum absolute atomic E-state index is 14.8. The van der Waals surface area contributed by atoms with Gasteiger partial charge < -0.3 is 24.3 Å². The minimum Gasteiger partial charge on any atom is -0.473 e. The number of aryl methyl sites for hydroxylation is 2. The van der Waals surface area contributed by atoms with E-state index in [4.69, 9.17) is 21.4 Å². The molecule has 0 bridgehead atoms. The second-order valence-corrected chi connectivity index (χ2v) is 22.8. The van der Waals surface area contributed by atoms with Crippen LogP contribution in [0.1, 0.15) is 132 Å². The summed E-state index contributed by atoms with van der Waals surface area (Å²) in [6, 6.07) is 17.0. The minimum absolute atomic E-state index is 0.000446. The number of carbonyl (C=O) groups excluding carboxylic acids is 1. The molecule has 3 aromatic heterocycles. The Morgan fingerprint density at radius 1 is 0.959 bits per heavy atom. The van der Waals surface area contributed by atoms with Crippen molar-refractivity contribution >= 4 is 40.5 Å². The molecule has 2 aromatic carbocycles. The van der Waals surface area contributed by atoms with Crippen LogP contribution in [0.15, 0.2) is 54.9 Å². The molecule has 1 aliphatic carbocycles. The number of amides is 1. The van der Waals surface area contributed by atoms with Crippen LogP contribution >= 0.6 is 11.6 Å². The number of ether oxygens (including phenoxy) is 1. The molecule has 6 aliphatic rings. The zero-order valence-electron chi connectivity index (χ0n) is 43.0.